The number of amides is 1. The number of nitrogens with one attached hydrogen (secondary N) is 1. The molecule has 0 spiro atoms. The third kappa shape index (κ3) is 3.61. The molecule has 1 N–H and O–H groups in total. The third-order valence-corrected chi connectivity index (χ3v) is 5.00. The van der Waals surface area contributed by atoms with Crippen LogP contribution in [0.3, 0.4) is 0 Å². The van der Waals surface area contributed by atoms with E-state index in [4.69, 9.17) is 27.6 Å². The molecular weight excluding hydrogens is 395 g/mol. The van der Waals surface area contributed by atoms with Crippen LogP contribution in [0.2, 0.25) is 10.0 Å². The SMILES string of the molecule is Cc1ccc2oc(-c3ccc(C)c(NC(=O)c4ccc(Cl)cc4Cl)c3)nc2c1. The first-order chi connectivity index (χ1) is 13.4. The Morgan fingerprint density at radius 1 is 1.00 bits per heavy atom. The number of rotatable bonds is 3. The number of benzene rings is 3. The van der Waals surface area contributed by atoms with Gasteiger partial charge in [-0.3, -0.25) is 4.79 Å². The summed E-state index contributed by atoms with van der Waals surface area (Å²) in [5, 5.41) is 3.68. The van der Waals surface area contributed by atoms with Crippen LogP contribution < -0.4 is 5.32 Å². The van der Waals surface area contributed by atoms with E-state index in [0.717, 1.165) is 27.8 Å². The largest absolute Gasteiger partial charge is 0.436 e. The molecule has 0 fully saturated rings. The van der Waals surface area contributed by atoms with Crippen molar-refractivity contribution < 1.29 is 9.21 Å². The monoisotopic (exact) mass is 410 g/mol. The number of nitrogens with zero attached hydrogens (tertiary/aromatic N) is 1. The lowest BCUT2D eigenvalue weighted by molar-refractivity contribution is 0.102. The molecule has 0 aliphatic heterocycles. The first kappa shape index (κ1) is 18.5. The second-order valence-electron chi connectivity index (χ2n) is 6.60. The first-order valence-corrected chi connectivity index (χ1v) is 9.41. The van der Waals surface area contributed by atoms with E-state index in [9.17, 15) is 4.79 Å². The van der Waals surface area contributed by atoms with Crippen molar-refractivity contribution >= 4 is 45.9 Å². The van der Waals surface area contributed by atoms with Gasteiger partial charge in [0, 0.05) is 16.3 Å². The van der Waals surface area contributed by atoms with Gasteiger partial charge in [0.05, 0.1) is 10.6 Å². The Kier molecular flexibility index (Phi) is 4.84. The fourth-order valence-electron chi connectivity index (χ4n) is 2.91. The van der Waals surface area contributed by atoms with E-state index in [1.807, 2.05) is 50.2 Å². The van der Waals surface area contributed by atoms with Crippen LogP contribution >= 0.6 is 23.2 Å². The highest BCUT2D eigenvalue weighted by Gasteiger charge is 2.14. The second-order valence-corrected chi connectivity index (χ2v) is 7.44. The number of halogens is 2. The molecule has 3 aromatic carbocycles. The highest BCUT2D eigenvalue weighted by Crippen LogP contribution is 2.29. The van der Waals surface area contributed by atoms with Crippen molar-refractivity contribution in [3.63, 3.8) is 0 Å². The molecule has 140 valence electrons. The average Bonchev–Trinajstić information content (AvgIpc) is 3.06. The quantitative estimate of drug-likeness (QED) is 0.410. The van der Waals surface area contributed by atoms with Crippen molar-refractivity contribution in [2.75, 3.05) is 5.32 Å². The van der Waals surface area contributed by atoms with Crippen LogP contribution in [-0.2, 0) is 0 Å². The molecule has 1 amide bonds. The van der Waals surface area contributed by atoms with E-state index < -0.39 is 0 Å². The number of carbonyl (C=O) groups excluding carboxylic acids is 1. The topological polar surface area (TPSA) is 55.1 Å². The molecule has 28 heavy (non-hydrogen) atoms. The number of aryl methyl sites for hydroxylation is 2. The number of carbonyl (C=O) groups is 1. The Labute approximate surface area is 172 Å². The molecule has 0 aliphatic carbocycles. The maximum absolute atomic E-state index is 12.6. The van der Waals surface area contributed by atoms with E-state index in [1.54, 1.807) is 18.2 Å². The summed E-state index contributed by atoms with van der Waals surface area (Å²) in [6.07, 6.45) is 0. The van der Waals surface area contributed by atoms with E-state index in [1.165, 1.54) is 0 Å². The summed E-state index contributed by atoms with van der Waals surface area (Å²) in [6, 6.07) is 16.3. The Hall–Kier alpha value is -2.82. The predicted octanol–water partition coefficient (Wildman–Crippen LogP) is 6.67. The number of oxazole rings is 1. The Morgan fingerprint density at radius 3 is 2.61 bits per heavy atom. The van der Waals surface area contributed by atoms with Crippen LogP contribution in [0.15, 0.2) is 59.0 Å². The Balaban J connectivity index is 1.67. The molecule has 1 aromatic heterocycles. The van der Waals surface area contributed by atoms with Crippen LogP contribution in [0, 0.1) is 13.8 Å². The lowest BCUT2D eigenvalue weighted by Crippen LogP contribution is -2.13. The van der Waals surface area contributed by atoms with Gasteiger partial charge in [0.1, 0.15) is 5.52 Å². The maximum atomic E-state index is 12.6. The van der Waals surface area contributed by atoms with E-state index in [0.29, 0.717) is 27.2 Å². The van der Waals surface area contributed by atoms with Gasteiger partial charge >= 0.3 is 0 Å². The van der Waals surface area contributed by atoms with Crippen LogP contribution in [0.25, 0.3) is 22.6 Å². The van der Waals surface area contributed by atoms with Gasteiger partial charge in [-0.1, -0.05) is 35.3 Å². The lowest BCUT2D eigenvalue weighted by atomic mass is 10.1. The molecule has 4 nitrogen and oxygen atoms in total. The van der Waals surface area contributed by atoms with Crippen LogP contribution in [0.5, 0.6) is 0 Å². The minimum Gasteiger partial charge on any atom is -0.436 e. The van der Waals surface area contributed by atoms with Gasteiger partial charge in [0.15, 0.2) is 5.58 Å². The minimum absolute atomic E-state index is 0.299. The summed E-state index contributed by atoms with van der Waals surface area (Å²) in [6.45, 7) is 3.92. The summed E-state index contributed by atoms with van der Waals surface area (Å²) in [5.74, 6) is 0.190. The number of hydrogen-bond acceptors (Lipinski definition) is 3. The van der Waals surface area contributed by atoms with E-state index >= 15 is 0 Å². The molecular formula is C22H16Cl2N2O2. The van der Waals surface area contributed by atoms with E-state index in [2.05, 4.69) is 10.3 Å². The average molecular weight is 411 g/mol. The number of fused-ring (bicyclic) bond motifs is 1. The van der Waals surface area contributed by atoms with Crippen LogP contribution in [0.4, 0.5) is 5.69 Å². The second kappa shape index (κ2) is 7.30. The highest BCUT2D eigenvalue weighted by molar-refractivity contribution is 6.37. The molecule has 0 saturated heterocycles. The van der Waals surface area contributed by atoms with Gasteiger partial charge in [0.25, 0.3) is 5.91 Å². The molecule has 0 unspecified atom stereocenters. The number of hydrogen-bond donors (Lipinski definition) is 1. The highest BCUT2D eigenvalue weighted by atomic mass is 35.5. The molecule has 4 aromatic rings. The zero-order valence-electron chi connectivity index (χ0n) is 15.2. The summed E-state index contributed by atoms with van der Waals surface area (Å²) in [4.78, 5) is 17.2. The van der Waals surface area contributed by atoms with Crippen molar-refractivity contribution in [1.82, 2.24) is 4.98 Å². The summed E-state index contributed by atoms with van der Waals surface area (Å²) < 4.78 is 5.87. The van der Waals surface area contributed by atoms with Crippen molar-refractivity contribution in [3.05, 3.63) is 81.3 Å². The zero-order valence-corrected chi connectivity index (χ0v) is 16.7. The van der Waals surface area contributed by atoms with Gasteiger partial charge in [-0.25, -0.2) is 4.98 Å². The van der Waals surface area contributed by atoms with E-state index in [-0.39, 0.29) is 5.91 Å². The van der Waals surface area contributed by atoms with Crippen molar-refractivity contribution in [2.45, 2.75) is 13.8 Å². The van der Waals surface area contributed by atoms with Gasteiger partial charge in [-0.15, -0.1) is 0 Å². The Bertz CT molecular complexity index is 1210. The summed E-state index contributed by atoms with van der Waals surface area (Å²) in [7, 11) is 0. The molecule has 0 radical (unpaired) electrons. The zero-order chi connectivity index (χ0) is 19.8. The van der Waals surface area contributed by atoms with Crippen molar-refractivity contribution in [1.29, 1.82) is 0 Å². The molecule has 1 heterocycles. The standard InChI is InChI=1S/C22H16Cl2N2O2/c1-12-3-8-20-19(9-12)26-22(28-20)14-5-4-13(2)18(10-14)25-21(27)16-7-6-15(23)11-17(16)24/h3-11H,1-2H3,(H,25,27). The molecule has 0 saturated carbocycles. The fourth-order valence-corrected chi connectivity index (χ4v) is 3.41. The molecule has 4 rings (SSSR count). The lowest BCUT2D eigenvalue weighted by Gasteiger charge is -2.11. The molecule has 0 aliphatic rings. The van der Waals surface area contributed by atoms with Gasteiger partial charge in [-0.05, 0) is 67.4 Å². The molecule has 0 bridgehead atoms. The summed E-state index contributed by atoms with van der Waals surface area (Å²) in [5.41, 5.74) is 5.34. The van der Waals surface area contributed by atoms with Gasteiger partial charge in [0.2, 0.25) is 5.89 Å². The Morgan fingerprint density at radius 2 is 1.82 bits per heavy atom. The maximum Gasteiger partial charge on any atom is 0.257 e. The number of anilines is 1. The normalized spacial score (nSPS) is 11.0. The van der Waals surface area contributed by atoms with Gasteiger partial charge in [-0.2, -0.15) is 0 Å². The predicted molar refractivity (Wildman–Crippen MR) is 113 cm³/mol. The van der Waals surface area contributed by atoms with Crippen LogP contribution in [0.1, 0.15) is 21.5 Å². The van der Waals surface area contributed by atoms with Crippen molar-refractivity contribution in [2.24, 2.45) is 0 Å². The summed E-state index contributed by atoms with van der Waals surface area (Å²) >= 11 is 12.1. The third-order valence-electron chi connectivity index (χ3n) is 4.45. The van der Waals surface area contributed by atoms with Gasteiger partial charge < -0.3 is 9.73 Å². The first-order valence-electron chi connectivity index (χ1n) is 8.65. The fraction of sp³-hybridized carbons (Fsp3) is 0.0909. The molecule has 6 heteroatoms. The van der Waals surface area contributed by atoms with Crippen LogP contribution in [-0.4, -0.2) is 10.9 Å². The van der Waals surface area contributed by atoms with Crippen molar-refractivity contribution in [3.8, 4) is 11.5 Å². The molecule has 0 atom stereocenters. The number of aromatic nitrogens is 1. The minimum atomic E-state index is -0.310. The smallest absolute Gasteiger partial charge is 0.257 e.